The number of ether oxygens (including phenoxy) is 1. The Morgan fingerprint density at radius 1 is 1.44 bits per heavy atom. The summed E-state index contributed by atoms with van der Waals surface area (Å²) in [6.07, 6.45) is 2.89. The molecule has 16 heavy (non-hydrogen) atoms. The molecule has 0 radical (unpaired) electrons. The molecular formula is C12H23NO3. The Hall–Kier alpha value is -0.610. The van der Waals surface area contributed by atoms with Gasteiger partial charge in [0.05, 0.1) is 12.2 Å². The molecule has 1 atom stereocenters. The van der Waals surface area contributed by atoms with Gasteiger partial charge in [0, 0.05) is 6.54 Å². The molecule has 0 aliphatic carbocycles. The first kappa shape index (κ1) is 13.5. The zero-order chi connectivity index (χ0) is 12.2. The lowest BCUT2D eigenvalue weighted by atomic mass is 10.0. The predicted molar refractivity (Wildman–Crippen MR) is 62.6 cm³/mol. The third kappa shape index (κ3) is 4.49. The summed E-state index contributed by atoms with van der Waals surface area (Å²) < 4.78 is 5.63. The van der Waals surface area contributed by atoms with Gasteiger partial charge in [-0.1, -0.05) is 6.42 Å². The summed E-state index contributed by atoms with van der Waals surface area (Å²) in [5.74, 6) is -0.699. The van der Waals surface area contributed by atoms with Crippen LogP contribution in [-0.4, -0.2) is 47.3 Å². The standard InChI is InChI=1S/C12H23NO3/c1-12(2,3)16-9-8-13-7-5-4-6-10(13)11(14)15/h10H,4-9H2,1-3H3,(H,14,15). The second-order valence-electron chi connectivity index (χ2n) is 5.35. The Balaban J connectivity index is 2.36. The molecule has 1 saturated heterocycles. The Bertz CT molecular complexity index is 235. The van der Waals surface area contributed by atoms with Crippen molar-refractivity contribution in [2.75, 3.05) is 19.7 Å². The van der Waals surface area contributed by atoms with E-state index < -0.39 is 5.97 Å². The number of carbonyl (C=O) groups is 1. The van der Waals surface area contributed by atoms with Gasteiger partial charge in [-0.15, -0.1) is 0 Å². The summed E-state index contributed by atoms with van der Waals surface area (Å²) in [6, 6.07) is -0.308. The number of rotatable bonds is 4. The third-order valence-corrected chi connectivity index (χ3v) is 2.81. The van der Waals surface area contributed by atoms with Crippen molar-refractivity contribution in [3.8, 4) is 0 Å². The van der Waals surface area contributed by atoms with Gasteiger partial charge in [0.25, 0.3) is 0 Å². The summed E-state index contributed by atoms with van der Waals surface area (Å²) in [5.41, 5.74) is -0.144. The molecular weight excluding hydrogens is 206 g/mol. The second kappa shape index (κ2) is 5.64. The van der Waals surface area contributed by atoms with Crippen LogP contribution in [0.5, 0.6) is 0 Å². The molecule has 1 N–H and O–H groups in total. The fourth-order valence-corrected chi connectivity index (χ4v) is 2.01. The maximum Gasteiger partial charge on any atom is 0.320 e. The second-order valence-corrected chi connectivity index (χ2v) is 5.35. The van der Waals surface area contributed by atoms with E-state index in [0.29, 0.717) is 13.2 Å². The van der Waals surface area contributed by atoms with E-state index in [-0.39, 0.29) is 11.6 Å². The smallest absolute Gasteiger partial charge is 0.320 e. The van der Waals surface area contributed by atoms with Crippen LogP contribution in [-0.2, 0) is 9.53 Å². The largest absolute Gasteiger partial charge is 0.480 e. The Labute approximate surface area is 97.6 Å². The first-order valence-corrected chi connectivity index (χ1v) is 6.01. The van der Waals surface area contributed by atoms with Gasteiger partial charge in [0.15, 0.2) is 0 Å². The van der Waals surface area contributed by atoms with Gasteiger partial charge < -0.3 is 9.84 Å². The maximum atomic E-state index is 11.0. The topological polar surface area (TPSA) is 49.8 Å². The molecule has 4 heteroatoms. The van der Waals surface area contributed by atoms with Gasteiger partial charge in [0.1, 0.15) is 6.04 Å². The van der Waals surface area contributed by atoms with Crippen molar-refractivity contribution < 1.29 is 14.6 Å². The highest BCUT2D eigenvalue weighted by Crippen LogP contribution is 2.17. The van der Waals surface area contributed by atoms with Crippen LogP contribution in [0.4, 0.5) is 0 Å². The number of piperidine rings is 1. The van der Waals surface area contributed by atoms with Crippen molar-refractivity contribution in [1.82, 2.24) is 4.90 Å². The lowest BCUT2D eigenvalue weighted by molar-refractivity contribution is -0.145. The van der Waals surface area contributed by atoms with E-state index in [0.717, 1.165) is 25.8 Å². The predicted octanol–water partition coefficient (Wildman–Crippen LogP) is 1.74. The Kier molecular flexibility index (Phi) is 4.74. The van der Waals surface area contributed by atoms with Gasteiger partial charge >= 0.3 is 5.97 Å². The van der Waals surface area contributed by atoms with Crippen LogP contribution in [0.1, 0.15) is 40.0 Å². The third-order valence-electron chi connectivity index (χ3n) is 2.81. The highest BCUT2D eigenvalue weighted by molar-refractivity contribution is 5.73. The first-order chi connectivity index (χ1) is 7.40. The molecule has 0 aromatic heterocycles. The molecule has 4 nitrogen and oxygen atoms in total. The fraction of sp³-hybridized carbons (Fsp3) is 0.917. The number of aliphatic carboxylic acids is 1. The molecule has 0 saturated carbocycles. The van der Waals surface area contributed by atoms with Crippen molar-refractivity contribution in [3.05, 3.63) is 0 Å². The number of carboxylic acid groups (broad SMARTS) is 1. The highest BCUT2D eigenvalue weighted by Gasteiger charge is 2.28. The van der Waals surface area contributed by atoms with E-state index in [1.807, 2.05) is 25.7 Å². The average molecular weight is 229 g/mol. The molecule has 0 spiro atoms. The van der Waals surface area contributed by atoms with E-state index in [1.54, 1.807) is 0 Å². The monoisotopic (exact) mass is 229 g/mol. The van der Waals surface area contributed by atoms with Crippen LogP contribution in [0, 0.1) is 0 Å². The van der Waals surface area contributed by atoms with Crippen molar-refractivity contribution in [2.45, 2.75) is 51.7 Å². The van der Waals surface area contributed by atoms with E-state index in [4.69, 9.17) is 9.84 Å². The van der Waals surface area contributed by atoms with Crippen LogP contribution < -0.4 is 0 Å². The minimum atomic E-state index is -0.699. The molecule has 0 amide bonds. The molecule has 1 fully saturated rings. The van der Waals surface area contributed by atoms with Crippen LogP contribution in [0.15, 0.2) is 0 Å². The molecule has 0 aromatic carbocycles. The summed E-state index contributed by atoms with van der Waals surface area (Å²) in [4.78, 5) is 13.1. The number of likely N-dealkylation sites (tertiary alicyclic amines) is 1. The number of hydrogen-bond donors (Lipinski definition) is 1. The van der Waals surface area contributed by atoms with Crippen molar-refractivity contribution in [3.63, 3.8) is 0 Å². The van der Waals surface area contributed by atoms with Gasteiger partial charge in [-0.3, -0.25) is 9.69 Å². The zero-order valence-corrected chi connectivity index (χ0v) is 10.5. The minimum absolute atomic E-state index is 0.144. The van der Waals surface area contributed by atoms with Crippen LogP contribution in [0.3, 0.4) is 0 Å². The maximum absolute atomic E-state index is 11.0. The minimum Gasteiger partial charge on any atom is -0.480 e. The molecule has 94 valence electrons. The van der Waals surface area contributed by atoms with Crippen LogP contribution >= 0.6 is 0 Å². The van der Waals surface area contributed by atoms with Gasteiger partial charge in [-0.05, 0) is 40.2 Å². The average Bonchev–Trinajstić information content (AvgIpc) is 2.16. The van der Waals surface area contributed by atoms with Gasteiger partial charge in [-0.25, -0.2) is 0 Å². The normalized spacial score (nSPS) is 23.3. The quantitative estimate of drug-likeness (QED) is 0.797. The van der Waals surface area contributed by atoms with E-state index >= 15 is 0 Å². The molecule has 0 aromatic rings. The number of nitrogens with zero attached hydrogens (tertiary/aromatic N) is 1. The first-order valence-electron chi connectivity index (χ1n) is 6.01. The van der Waals surface area contributed by atoms with Crippen molar-refractivity contribution in [2.24, 2.45) is 0 Å². The van der Waals surface area contributed by atoms with Gasteiger partial charge in [-0.2, -0.15) is 0 Å². The lowest BCUT2D eigenvalue weighted by Crippen LogP contribution is -2.46. The zero-order valence-electron chi connectivity index (χ0n) is 10.5. The molecule has 1 aliphatic heterocycles. The molecule has 1 unspecified atom stereocenters. The highest BCUT2D eigenvalue weighted by atomic mass is 16.5. The SMILES string of the molecule is CC(C)(C)OCCN1CCCCC1C(=O)O. The Morgan fingerprint density at radius 2 is 2.12 bits per heavy atom. The van der Waals surface area contributed by atoms with Gasteiger partial charge in [0.2, 0.25) is 0 Å². The molecule has 1 heterocycles. The summed E-state index contributed by atoms with van der Waals surface area (Å²) >= 11 is 0. The van der Waals surface area contributed by atoms with Crippen molar-refractivity contribution >= 4 is 5.97 Å². The number of hydrogen-bond acceptors (Lipinski definition) is 3. The molecule has 1 rings (SSSR count). The Morgan fingerprint density at radius 3 is 2.69 bits per heavy atom. The summed E-state index contributed by atoms with van der Waals surface area (Å²) in [7, 11) is 0. The summed E-state index contributed by atoms with van der Waals surface area (Å²) in [6.45, 7) is 8.24. The van der Waals surface area contributed by atoms with Crippen LogP contribution in [0.25, 0.3) is 0 Å². The van der Waals surface area contributed by atoms with E-state index in [9.17, 15) is 4.79 Å². The van der Waals surface area contributed by atoms with Crippen molar-refractivity contribution in [1.29, 1.82) is 0 Å². The lowest BCUT2D eigenvalue weighted by Gasteiger charge is -2.33. The fourth-order valence-electron chi connectivity index (χ4n) is 2.01. The van der Waals surface area contributed by atoms with E-state index in [1.165, 1.54) is 0 Å². The number of carboxylic acids is 1. The molecule has 0 bridgehead atoms. The molecule has 1 aliphatic rings. The van der Waals surface area contributed by atoms with Crippen LogP contribution in [0.2, 0.25) is 0 Å². The van der Waals surface area contributed by atoms with E-state index in [2.05, 4.69) is 0 Å². The summed E-state index contributed by atoms with van der Waals surface area (Å²) in [5, 5.41) is 9.09.